The van der Waals surface area contributed by atoms with Crippen LogP contribution in [0.25, 0.3) is 17.1 Å². The van der Waals surface area contributed by atoms with Gasteiger partial charge in [0.25, 0.3) is 0 Å². The summed E-state index contributed by atoms with van der Waals surface area (Å²) in [5, 5.41) is 12.6. The van der Waals surface area contributed by atoms with Crippen molar-refractivity contribution in [3.8, 4) is 17.1 Å². The fourth-order valence-electron chi connectivity index (χ4n) is 3.32. The minimum absolute atomic E-state index is 0.0892. The van der Waals surface area contributed by atoms with Crippen molar-refractivity contribution in [2.75, 3.05) is 18.2 Å². The molecule has 10 heteroatoms. The Kier molecular flexibility index (Phi) is 6.66. The SMILES string of the molecule is COC(=O)c1c(NC(=O)CSc2nnc(-c3ccoc3C)n2-c2ccccc2)sc(C)c1C. The molecule has 0 aliphatic carbocycles. The Morgan fingerprint density at radius 3 is 2.58 bits per heavy atom. The number of nitrogens with zero attached hydrogens (tertiary/aromatic N) is 3. The fraction of sp³-hybridized carbons (Fsp3) is 0.217. The van der Waals surface area contributed by atoms with Crippen molar-refractivity contribution in [3.63, 3.8) is 0 Å². The van der Waals surface area contributed by atoms with Crippen molar-refractivity contribution in [3.05, 3.63) is 64.4 Å². The molecule has 0 atom stereocenters. The highest BCUT2D eigenvalue weighted by Gasteiger charge is 2.23. The van der Waals surface area contributed by atoms with Gasteiger partial charge in [-0.15, -0.1) is 21.5 Å². The summed E-state index contributed by atoms with van der Waals surface area (Å²) in [6.45, 7) is 5.60. The average molecular weight is 483 g/mol. The molecule has 4 aromatic rings. The predicted octanol–water partition coefficient (Wildman–Crippen LogP) is 5.03. The van der Waals surface area contributed by atoms with Crippen LogP contribution in [0.2, 0.25) is 0 Å². The number of aromatic nitrogens is 3. The number of amides is 1. The third-order valence-electron chi connectivity index (χ3n) is 5.11. The average Bonchev–Trinajstić information content (AvgIpc) is 3.50. The van der Waals surface area contributed by atoms with Crippen molar-refractivity contribution in [1.29, 1.82) is 0 Å². The molecule has 8 nitrogen and oxygen atoms in total. The van der Waals surface area contributed by atoms with Crippen LogP contribution >= 0.6 is 23.1 Å². The van der Waals surface area contributed by atoms with E-state index in [1.807, 2.05) is 61.7 Å². The summed E-state index contributed by atoms with van der Waals surface area (Å²) in [7, 11) is 1.33. The van der Waals surface area contributed by atoms with Gasteiger partial charge >= 0.3 is 5.97 Å². The van der Waals surface area contributed by atoms with Gasteiger partial charge in [0.2, 0.25) is 5.91 Å². The number of esters is 1. The first-order valence-electron chi connectivity index (χ1n) is 10.1. The van der Waals surface area contributed by atoms with Gasteiger partial charge in [0.1, 0.15) is 10.8 Å². The van der Waals surface area contributed by atoms with Gasteiger partial charge in [0.15, 0.2) is 11.0 Å². The lowest BCUT2D eigenvalue weighted by molar-refractivity contribution is -0.113. The number of methoxy groups -OCH3 is 1. The maximum Gasteiger partial charge on any atom is 0.341 e. The Balaban J connectivity index is 1.58. The van der Waals surface area contributed by atoms with E-state index < -0.39 is 5.97 Å². The third kappa shape index (κ3) is 4.57. The van der Waals surface area contributed by atoms with Crippen LogP contribution in [0.4, 0.5) is 5.00 Å². The number of thiophene rings is 1. The van der Waals surface area contributed by atoms with E-state index in [2.05, 4.69) is 15.5 Å². The zero-order valence-electron chi connectivity index (χ0n) is 18.5. The molecule has 0 bridgehead atoms. The van der Waals surface area contributed by atoms with E-state index >= 15 is 0 Å². The molecule has 1 N–H and O–H groups in total. The van der Waals surface area contributed by atoms with Crippen molar-refractivity contribution >= 4 is 40.0 Å². The highest BCUT2D eigenvalue weighted by molar-refractivity contribution is 7.99. The second-order valence-electron chi connectivity index (χ2n) is 7.18. The third-order valence-corrected chi connectivity index (χ3v) is 7.16. The summed E-state index contributed by atoms with van der Waals surface area (Å²) in [6.07, 6.45) is 1.61. The predicted molar refractivity (Wildman–Crippen MR) is 128 cm³/mol. The normalized spacial score (nSPS) is 10.9. The van der Waals surface area contributed by atoms with Crippen LogP contribution in [-0.4, -0.2) is 39.5 Å². The molecular formula is C23H22N4O4S2. The largest absolute Gasteiger partial charge is 0.469 e. The molecular weight excluding hydrogens is 460 g/mol. The standard InChI is InChI=1S/C23H22N4O4S2/c1-13-15(3)33-21(19(13)22(29)30-4)24-18(28)12-32-23-26-25-20(17-10-11-31-14(17)2)27(23)16-8-6-5-7-9-16/h5-11H,12H2,1-4H3,(H,24,28). The van der Waals surface area contributed by atoms with E-state index in [0.717, 1.165) is 27.5 Å². The van der Waals surface area contributed by atoms with Crippen LogP contribution in [0, 0.1) is 20.8 Å². The molecule has 1 amide bonds. The van der Waals surface area contributed by atoms with E-state index in [1.165, 1.54) is 30.2 Å². The summed E-state index contributed by atoms with van der Waals surface area (Å²) in [5.74, 6) is 0.727. The monoisotopic (exact) mass is 482 g/mol. The summed E-state index contributed by atoms with van der Waals surface area (Å²) < 4.78 is 12.2. The summed E-state index contributed by atoms with van der Waals surface area (Å²) in [6, 6.07) is 11.5. The van der Waals surface area contributed by atoms with Gasteiger partial charge in [0.05, 0.1) is 30.3 Å². The zero-order valence-corrected chi connectivity index (χ0v) is 20.2. The van der Waals surface area contributed by atoms with Crippen molar-refractivity contribution in [2.24, 2.45) is 0 Å². The molecule has 1 aromatic carbocycles. The lowest BCUT2D eigenvalue weighted by atomic mass is 10.1. The number of ether oxygens (including phenoxy) is 1. The van der Waals surface area contributed by atoms with Crippen LogP contribution in [0.1, 0.15) is 26.6 Å². The molecule has 0 aliphatic rings. The summed E-state index contributed by atoms with van der Waals surface area (Å²) >= 11 is 2.61. The molecule has 3 heterocycles. The van der Waals surface area contributed by atoms with Crippen molar-refractivity contribution in [2.45, 2.75) is 25.9 Å². The van der Waals surface area contributed by atoms with Crippen LogP contribution in [0.15, 0.2) is 52.2 Å². The van der Waals surface area contributed by atoms with Gasteiger partial charge in [-0.25, -0.2) is 4.79 Å². The summed E-state index contributed by atoms with van der Waals surface area (Å²) in [5.41, 5.74) is 2.90. The minimum atomic E-state index is -0.469. The van der Waals surface area contributed by atoms with Gasteiger partial charge in [0, 0.05) is 10.6 Å². The smallest absolute Gasteiger partial charge is 0.341 e. The number of carbonyl (C=O) groups excluding carboxylic acids is 2. The maximum atomic E-state index is 12.8. The number of rotatable bonds is 7. The second-order valence-corrected chi connectivity index (χ2v) is 9.35. The number of hydrogen-bond acceptors (Lipinski definition) is 8. The number of furan rings is 1. The van der Waals surface area contributed by atoms with E-state index in [1.54, 1.807) is 6.26 Å². The maximum absolute atomic E-state index is 12.8. The molecule has 0 unspecified atom stereocenters. The van der Waals surface area contributed by atoms with Crippen LogP contribution < -0.4 is 5.32 Å². The molecule has 0 fully saturated rings. The van der Waals surface area contributed by atoms with Gasteiger partial charge in [-0.1, -0.05) is 30.0 Å². The summed E-state index contributed by atoms with van der Waals surface area (Å²) in [4.78, 5) is 25.9. The number of benzene rings is 1. The molecule has 3 aromatic heterocycles. The Morgan fingerprint density at radius 2 is 1.91 bits per heavy atom. The van der Waals surface area contributed by atoms with E-state index in [-0.39, 0.29) is 11.7 Å². The van der Waals surface area contributed by atoms with Crippen LogP contribution in [-0.2, 0) is 9.53 Å². The number of carbonyl (C=O) groups is 2. The second kappa shape index (κ2) is 9.63. The Bertz CT molecular complexity index is 1310. The highest BCUT2D eigenvalue weighted by Crippen LogP contribution is 2.34. The van der Waals surface area contributed by atoms with Gasteiger partial charge < -0.3 is 14.5 Å². The molecule has 0 aliphatic heterocycles. The number of thioether (sulfide) groups is 1. The quantitative estimate of drug-likeness (QED) is 0.291. The van der Waals surface area contributed by atoms with E-state index in [9.17, 15) is 9.59 Å². The first kappa shape index (κ1) is 22.8. The number of para-hydroxylation sites is 1. The van der Waals surface area contributed by atoms with E-state index in [4.69, 9.17) is 9.15 Å². The molecule has 0 saturated heterocycles. The number of anilines is 1. The van der Waals surface area contributed by atoms with Crippen molar-refractivity contribution in [1.82, 2.24) is 14.8 Å². The molecule has 4 rings (SSSR count). The Morgan fingerprint density at radius 1 is 1.15 bits per heavy atom. The lowest BCUT2D eigenvalue weighted by Gasteiger charge is -2.10. The van der Waals surface area contributed by atoms with Crippen LogP contribution in [0.5, 0.6) is 0 Å². The molecule has 170 valence electrons. The highest BCUT2D eigenvalue weighted by atomic mass is 32.2. The molecule has 0 saturated carbocycles. The van der Waals surface area contributed by atoms with Gasteiger partial charge in [-0.05, 0) is 44.5 Å². The van der Waals surface area contributed by atoms with Gasteiger partial charge in [-0.3, -0.25) is 9.36 Å². The van der Waals surface area contributed by atoms with Crippen molar-refractivity contribution < 1.29 is 18.7 Å². The number of nitrogens with one attached hydrogen (secondary N) is 1. The topological polar surface area (TPSA) is 99.2 Å². The van der Waals surface area contributed by atoms with E-state index in [0.29, 0.717) is 21.5 Å². The Hall–Kier alpha value is -3.37. The first-order valence-corrected chi connectivity index (χ1v) is 11.9. The molecule has 0 spiro atoms. The van der Waals surface area contributed by atoms with Gasteiger partial charge in [-0.2, -0.15) is 0 Å². The first-order chi connectivity index (χ1) is 15.9. The molecule has 0 radical (unpaired) electrons. The number of hydrogen-bond donors (Lipinski definition) is 1. The lowest BCUT2D eigenvalue weighted by Crippen LogP contribution is -2.16. The number of aryl methyl sites for hydroxylation is 2. The Labute approximate surface area is 199 Å². The zero-order chi connectivity index (χ0) is 23.5. The van der Waals surface area contributed by atoms with Crippen LogP contribution in [0.3, 0.4) is 0 Å². The molecule has 33 heavy (non-hydrogen) atoms. The minimum Gasteiger partial charge on any atom is -0.469 e. The fourth-order valence-corrected chi connectivity index (χ4v) is 5.14.